The molecule has 112 valence electrons. The Hall–Kier alpha value is -2.37. The SMILES string of the molecule is CC1CC1C(=O)NCCC(=O)Nc1cccc(C(N)=O)c1. The summed E-state index contributed by atoms with van der Waals surface area (Å²) in [7, 11) is 0. The minimum atomic E-state index is -0.545. The van der Waals surface area contributed by atoms with E-state index in [1.807, 2.05) is 6.92 Å². The molecule has 2 rings (SSSR count). The lowest BCUT2D eigenvalue weighted by Gasteiger charge is -2.07. The topological polar surface area (TPSA) is 101 Å². The summed E-state index contributed by atoms with van der Waals surface area (Å²) in [5.41, 5.74) is 6.02. The summed E-state index contributed by atoms with van der Waals surface area (Å²) in [6.45, 7) is 2.34. The van der Waals surface area contributed by atoms with Crippen molar-refractivity contribution in [3.63, 3.8) is 0 Å². The number of hydrogen-bond donors (Lipinski definition) is 3. The molecule has 21 heavy (non-hydrogen) atoms. The Labute approximate surface area is 123 Å². The molecular weight excluding hydrogens is 270 g/mol. The van der Waals surface area contributed by atoms with E-state index >= 15 is 0 Å². The van der Waals surface area contributed by atoms with Crippen LogP contribution in [0.3, 0.4) is 0 Å². The quantitative estimate of drug-likeness (QED) is 0.724. The Bertz CT molecular complexity index is 571. The third-order valence-corrected chi connectivity index (χ3v) is 3.53. The maximum atomic E-state index is 11.7. The molecule has 4 N–H and O–H groups in total. The van der Waals surface area contributed by atoms with Crippen molar-refractivity contribution in [1.82, 2.24) is 5.32 Å². The van der Waals surface area contributed by atoms with E-state index in [0.29, 0.717) is 23.7 Å². The van der Waals surface area contributed by atoms with E-state index in [2.05, 4.69) is 10.6 Å². The van der Waals surface area contributed by atoms with Crippen molar-refractivity contribution in [2.45, 2.75) is 19.8 Å². The fraction of sp³-hybridized carbons (Fsp3) is 0.400. The first-order valence-corrected chi connectivity index (χ1v) is 6.95. The first-order chi connectivity index (χ1) is 9.97. The van der Waals surface area contributed by atoms with Gasteiger partial charge in [-0.1, -0.05) is 13.0 Å². The van der Waals surface area contributed by atoms with Crippen LogP contribution in [0, 0.1) is 11.8 Å². The van der Waals surface area contributed by atoms with Gasteiger partial charge in [0.05, 0.1) is 0 Å². The number of carbonyl (C=O) groups excluding carboxylic acids is 3. The summed E-state index contributed by atoms with van der Waals surface area (Å²) in [4.78, 5) is 34.4. The monoisotopic (exact) mass is 289 g/mol. The molecule has 1 aliphatic rings. The van der Waals surface area contributed by atoms with Gasteiger partial charge in [-0.2, -0.15) is 0 Å². The molecule has 2 unspecified atom stereocenters. The van der Waals surface area contributed by atoms with E-state index in [1.165, 1.54) is 6.07 Å². The number of benzene rings is 1. The van der Waals surface area contributed by atoms with Gasteiger partial charge in [0.1, 0.15) is 0 Å². The third-order valence-electron chi connectivity index (χ3n) is 3.53. The zero-order chi connectivity index (χ0) is 15.4. The van der Waals surface area contributed by atoms with Gasteiger partial charge in [-0.15, -0.1) is 0 Å². The van der Waals surface area contributed by atoms with E-state index in [1.54, 1.807) is 18.2 Å². The van der Waals surface area contributed by atoms with Crippen molar-refractivity contribution in [2.24, 2.45) is 17.6 Å². The van der Waals surface area contributed by atoms with Gasteiger partial charge in [-0.05, 0) is 30.5 Å². The number of hydrogen-bond acceptors (Lipinski definition) is 3. The van der Waals surface area contributed by atoms with Crippen molar-refractivity contribution >= 4 is 23.4 Å². The van der Waals surface area contributed by atoms with Crippen molar-refractivity contribution in [1.29, 1.82) is 0 Å². The average molecular weight is 289 g/mol. The van der Waals surface area contributed by atoms with Crippen LogP contribution < -0.4 is 16.4 Å². The van der Waals surface area contributed by atoms with Gasteiger partial charge in [0, 0.05) is 30.1 Å². The van der Waals surface area contributed by atoms with E-state index in [0.717, 1.165) is 6.42 Å². The molecule has 1 saturated carbocycles. The molecule has 0 bridgehead atoms. The van der Waals surface area contributed by atoms with E-state index in [9.17, 15) is 14.4 Å². The molecule has 1 aromatic rings. The van der Waals surface area contributed by atoms with Crippen LogP contribution in [-0.4, -0.2) is 24.3 Å². The fourth-order valence-electron chi connectivity index (χ4n) is 2.09. The Balaban J connectivity index is 1.75. The van der Waals surface area contributed by atoms with Crippen LogP contribution in [0.15, 0.2) is 24.3 Å². The van der Waals surface area contributed by atoms with Gasteiger partial charge in [0.15, 0.2) is 0 Å². The fourth-order valence-corrected chi connectivity index (χ4v) is 2.09. The molecule has 0 aliphatic heterocycles. The molecule has 3 amide bonds. The lowest BCUT2D eigenvalue weighted by molar-refractivity contribution is -0.122. The second kappa shape index (κ2) is 6.39. The molecule has 1 fully saturated rings. The Kier molecular flexibility index (Phi) is 4.57. The Morgan fingerprint density at radius 1 is 1.33 bits per heavy atom. The highest BCUT2D eigenvalue weighted by atomic mass is 16.2. The summed E-state index contributed by atoms with van der Waals surface area (Å²) < 4.78 is 0. The normalized spacial score (nSPS) is 19.7. The molecule has 0 radical (unpaired) electrons. The Morgan fingerprint density at radius 2 is 2.05 bits per heavy atom. The first-order valence-electron chi connectivity index (χ1n) is 6.95. The minimum absolute atomic E-state index is 0.0195. The van der Waals surface area contributed by atoms with Gasteiger partial charge in [-0.25, -0.2) is 0 Å². The number of carbonyl (C=O) groups is 3. The van der Waals surface area contributed by atoms with E-state index in [4.69, 9.17) is 5.73 Å². The molecule has 0 aromatic heterocycles. The van der Waals surface area contributed by atoms with Crippen LogP contribution in [0.4, 0.5) is 5.69 Å². The highest BCUT2D eigenvalue weighted by Gasteiger charge is 2.38. The second-order valence-electron chi connectivity index (χ2n) is 5.35. The maximum absolute atomic E-state index is 11.7. The number of nitrogens with one attached hydrogen (secondary N) is 2. The van der Waals surface area contributed by atoms with Gasteiger partial charge in [0.2, 0.25) is 17.7 Å². The van der Waals surface area contributed by atoms with Crippen LogP contribution in [0.1, 0.15) is 30.1 Å². The number of primary amides is 1. The molecule has 1 aromatic carbocycles. The summed E-state index contributed by atoms with van der Waals surface area (Å²) in [5.74, 6) is -0.181. The molecule has 2 atom stereocenters. The zero-order valence-electron chi connectivity index (χ0n) is 11.9. The highest BCUT2D eigenvalue weighted by Crippen LogP contribution is 2.37. The highest BCUT2D eigenvalue weighted by molar-refractivity contribution is 5.96. The molecule has 0 spiro atoms. The first kappa shape index (κ1) is 15.0. The predicted octanol–water partition coefficient (Wildman–Crippen LogP) is 0.886. The van der Waals surface area contributed by atoms with Crippen molar-refractivity contribution in [2.75, 3.05) is 11.9 Å². The largest absolute Gasteiger partial charge is 0.366 e. The van der Waals surface area contributed by atoms with Crippen LogP contribution in [0.2, 0.25) is 0 Å². The maximum Gasteiger partial charge on any atom is 0.248 e. The molecular formula is C15H19N3O3. The summed E-state index contributed by atoms with van der Waals surface area (Å²) >= 11 is 0. The lowest BCUT2D eigenvalue weighted by atomic mass is 10.2. The lowest BCUT2D eigenvalue weighted by Crippen LogP contribution is -2.29. The molecule has 0 saturated heterocycles. The zero-order valence-corrected chi connectivity index (χ0v) is 11.9. The van der Waals surface area contributed by atoms with Crippen LogP contribution in [-0.2, 0) is 9.59 Å². The van der Waals surface area contributed by atoms with Crippen molar-refractivity contribution in [3.8, 4) is 0 Å². The molecule has 0 heterocycles. The molecule has 6 heteroatoms. The Morgan fingerprint density at radius 3 is 2.67 bits per heavy atom. The number of nitrogens with two attached hydrogens (primary N) is 1. The number of amides is 3. The van der Waals surface area contributed by atoms with Crippen LogP contribution in [0.25, 0.3) is 0 Å². The average Bonchev–Trinajstić information content (AvgIpc) is 3.16. The smallest absolute Gasteiger partial charge is 0.248 e. The molecule has 1 aliphatic carbocycles. The second-order valence-corrected chi connectivity index (χ2v) is 5.35. The summed E-state index contributed by atoms with van der Waals surface area (Å²) in [6.07, 6.45) is 1.12. The summed E-state index contributed by atoms with van der Waals surface area (Å²) in [5, 5.41) is 5.41. The van der Waals surface area contributed by atoms with E-state index < -0.39 is 5.91 Å². The third kappa shape index (κ3) is 4.30. The van der Waals surface area contributed by atoms with Crippen LogP contribution >= 0.6 is 0 Å². The number of anilines is 1. The van der Waals surface area contributed by atoms with E-state index in [-0.39, 0.29) is 24.2 Å². The van der Waals surface area contributed by atoms with Gasteiger partial charge in [-0.3, -0.25) is 14.4 Å². The minimum Gasteiger partial charge on any atom is -0.366 e. The van der Waals surface area contributed by atoms with Crippen molar-refractivity contribution in [3.05, 3.63) is 29.8 Å². The summed E-state index contributed by atoms with van der Waals surface area (Å²) in [6, 6.07) is 6.42. The number of rotatable bonds is 6. The van der Waals surface area contributed by atoms with Gasteiger partial charge < -0.3 is 16.4 Å². The molecule has 6 nitrogen and oxygen atoms in total. The van der Waals surface area contributed by atoms with Gasteiger partial charge in [0.25, 0.3) is 0 Å². The van der Waals surface area contributed by atoms with Crippen LogP contribution in [0.5, 0.6) is 0 Å². The standard InChI is InChI=1S/C15H19N3O3/c1-9-7-12(9)15(21)17-6-5-13(19)18-11-4-2-3-10(8-11)14(16)20/h2-4,8-9,12H,5-7H2,1H3,(H2,16,20)(H,17,21)(H,18,19). The van der Waals surface area contributed by atoms with Gasteiger partial charge >= 0.3 is 0 Å². The van der Waals surface area contributed by atoms with Crippen molar-refractivity contribution < 1.29 is 14.4 Å². The predicted molar refractivity (Wildman–Crippen MR) is 78.5 cm³/mol.